The first kappa shape index (κ1) is 18.2. The number of hydrogen-bond acceptors (Lipinski definition) is 5. The van der Waals surface area contributed by atoms with Crippen LogP contribution in [-0.4, -0.2) is 27.5 Å². The fourth-order valence-corrected chi connectivity index (χ4v) is 4.61. The molecule has 5 rings (SSSR count). The molecule has 0 saturated heterocycles. The zero-order chi connectivity index (χ0) is 20.8. The minimum Gasteiger partial charge on any atom is -0.398 e. The van der Waals surface area contributed by atoms with Crippen molar-refractivity contribution in [3.63, 3.8) is 0 Å². The summed E-state index contributed by atoms with van der Waals surface area (Å²) in [5.74, 6) is -0.163. The van der Waals surface area contributed by atoms with Crippen molar-refractivity contribution in [2.24, 2.45) is 0 Å². The molecule has 0 bridgehead atoms. The van der Waals surface area contributed by atoms with Gasteiger partial charge >= 0.3 is 0 Å². The highest BCUT2D eigenvalue weighted by molar-refractivity contribution is 7.08. The zero-order valence-corrected chi connectivity index (χ0v) is 16.8. The first-order valence-electron chi connectivity index (χ1n) is 9.36. The van der Waals surface area contributed by atoms with E-state index in [1.54, 1.807) is 22.3 Å². The molecule has 0 atom stereocenters. The van der Waals surface area contributed by atoms with Crippen molar-refractivity contribution in [3.8, 4) is 28.5 Å². The largest absolute Gasteiger partial charge is 0.398 e. The molecule has 1 aliphatic heterocycles. The number of nitriles is 1. The number of fused-ring (bicyclic) bond motifs is 2. The molecular formula is C23H17N5OS. The van der Waals surface area contributed by atoms with Gasteiger partial charge in [-0.2, -0.15) is 21.7 Å². The summed E-state index contributed by atoms with van der Waals surface area (Å²) in [6.07, 6.45) is 0. The molecule has 0 aliphatic carbocycles. The number of hydrogen-bond donors (Lipinski definition) is 2. The van der Waals surface area contributed by atoms with Crippen molar-refractivity contribution in [2.45, 2.75) is 6.54 Å². The molecule has 146 valence electrons. The van der Waals surface area contributed by atoms with Crippen LogP contribution in [0.5, 0.6) is 0 Å². The average molecular weight is 411 g/mol. The van der Waals surface area contributed by atoms with Crippen molar-refractivity contribution >= 4 is 33.8 Å². The number of thiophene rings is 1. The molecule has 1 aliphatic rings. The Hall–Kier alpha value is -3.89. The van der Waals surface area contributed by atoms with Crippen LogP contribution >= 0.6 is 11.3 Å². The maximum Gasteiger partial charge on any atom is 0.256 e. The predicted octanol–water partition coefficient (Wildman–Crippen LogP) is 4.58. The lowest BCUT2D eigenvalue weighted by atomic mass is 9.94. The fraction of sp³-hybridized carbons (Fsp3) is 0.0870. The van der Waals surface area contributed by atoms with Crippen LogP contribution in [0.15, 0.2) is 59.3 Å². The van der Waals surface area contributed by atoms with Crippen LogP contribution in [-0.2, 0) is 6.54 Å². The number of nitrogens with one attached hydrogen (secondary N) is 1. The van der Waals surface area contributed by atoms with Crippen molar-refractivity contribution in [3.05, 3.63) is 70.4 Å². The number of carbonyl (C=O) groups is 1. The summed E-state index contributed by atoms with van der Waals surface area (Å²) >= 11 is 1.63. The molecule has 0 saturated carbocycles. The summed E-state index contributed by atoms with van der Waals surface area (Å²) < 4.78 is 0. The van der Waals surface area contributed by atoms with E-state index in [1.807, 2.05) is 35.7 Å². The molecule has 7 heteroatoms. The Morgan fingerprint density at radius 2 is 2.17 bits per heavy atom. The second-order valence-electron chi connectivity index (χ2n) is 7.28. The smallest absolute Gasteiger partial charge is 0.256 e. The van der Waals surface area contributed by atoms with E-state index in [4.69, 9.17) is 11.0 Å². The van der Waals surface area contributed by atoms with Gasteiger partial charge in [-0.05, 0) is 46.3 Å². The first-order valence-corrected chi connectivity index (χ1v) is 10.3. The number of nitrogens with zero attached hydrogens (tertiary/aromatic N) is 3. The SMILES string of the molecule is C=C(C#N)CN1Cc2c(-c3ccc4[nH]nc(-c5ccsc5)c4c3)ccc(N)c2C1=O. The molecule has 3 heterocycles. The number of benzene rings is 2. The van der Waals surface area contributed by atoms with E-state index in [-0.39, 0.29) is 12.5 Å². The molecule has 0 spiro atoms. The number of nitrogens with two attached hydrogens (primary N) is 1. The van der Waals surface area contributed by atoms with Crippen LogP contribution in [0.1, 0.15) is 15.9 Å². The highest BCUT2D eigenvalue weighted by Gasteiger charge is 2.32. The minimum absolute atomic E-state index is 0.163. The number of amides is 1. The predicted molar refractivity (Wildman–Crippen MR) is 119 cm³/mol. The van der Waals surface area contributed by atoms with Gasteiger partial charge < -0.3 is 10.6 Å². The van der Waals surface area contributed by atoms with Gasteiger partial charge in [0, 0.05) is 34.1 Å². The van der Waals surface area contributed by atoms with Crippen LogP contribution in [0.2, 0.25) is 0 Å². The number of aromatic amines is 1. The standard InChI is InChI=1S/C23H17N5OS/c1-13(9-24)10-28-11-18-16(3-4-19(25)21(18)23(28)29)14-2-5-20-17(8-14)22(27-26-20)15-6-7-30-12-15/h2-8,12H,1,10-11,25H2,(H,26,27). The Morgan fingerprint density at radius 1 is 1.30 bits per heavy atom. The number of anilines is 1. The Morgan fingerprint density at radius 3 is 2.93 bits per heavy atom. The van der Waals surface area contributed by atoms with Gasteiger partial charge in [-0.1, -0.05) is 18.7 Å². The third-order valence-electron chi connectivity index (χ3n) is 5.40. The lowest BCUT2D eigenvalue weighted by molar-refractivity contribution is 0.0794. The molecular weight excluding hydrogens is 394 g/mol. The van der Waals surface area contributed by atoms with Gasteiger partial charge in [-0.15, -0.1) is 0 Å². The van der Waals surface area contributed by atoms with Crippen molar-refractivity contribution in [2.75, 3.05) is 12.3 Å². The van der Waals surface area contributed by atoms with E-state index in [2.05, 4.69) is 28.2 Å². The zero-order valence-electron chi connectivity index (χ0n) is 16.0. The molecule has 1 amide bonds. The lowest BCUT2D eigenvalue weighted by Gasteiger charge is -2.14. The summed E-state index contributed by atoms with van der Waals surface area (Å²) in [6.45, 7) is 4.30. The van der Waals surface area contributed by atoms with Gasteiger partial charge in [0.1, 0.15) is 5.69 Å². The Balaban J connectivity index is 1.62. The molecule has 30 heavy (non-hydrogen) atoms. The van der Waals surface area contributed by atoms with E-state index >= 15 is 0 Å². The van der Waals surface area contributed by atoms with Gasteiger partial charge in [0.05, 0.1) is 23.7 Å². The summed E-state index contributed by atoms with van der Waals surface area (Å²) in [5.41, 5.74) is 13.2. The highest BCUT2D eigenvalue weighted by Crippen LogP contribution is 2.38. The lowest BCUT2D eigenvalue weighted by Crippen LogP contribution is -2.26. The van der Waals surface area contributed by atoms with Gasteiger partial charge in [0.25, 0.3) is 5.91 Å². The number of carbonyl (C=O) groups excluding carboxylic acids is 1. The van der Waals surface area contributed by atoms with E-state index in [0.29, 0.717) is 23.4 Å². The van der Waals surface area contributed by atoms with Crippen molar-refractivity contribution in [1.82, 2.24) is 15.1 Å². The highest BCUT2D eigenvalue weighted by atomic mass is 32.1. The molecule has 0 radical (unpaired) electrons. The Kier molecular flexibility index (Phi) is 4.16. The number of H-pyrrole nitrogens is 1. The van der Waals surface area contributed by atoms with Gasteiger partial charge in [0.15, 0.2) is 0 Å². The number of rotatable bonds is 4. The summed E-state index contributed by atoms with van der Waals surface area (Å²) in [6, 6.07) is 13.9. The maximum atomic E-state index is 12.9. The monoisotopic (exact) mass is 411 g/mol. The minimum atomic E-state index is -0.163. The first-order chi connectivity index (χ1) is 14.6. The summed E-state index contributed by atoms with van der Waals surface area (Å²) in [5, 5.41) is 21.7. The molecule has 4 aromatic rings. The Bertz CT molecular complexity index is 1360. The molecule has 2 aromatic heterocycles. The topological polar surface area (TPSA) is 98.8 Å². The van der Waals surface area contributed by atoms with Crippen LogP contribution in [0, 0.1) is 11.3 Å². The van der Waals surface area contributed by atoms with Crippen LogP contribution < -0.4 is 5.73 Å². The summed E-state index contributed by atoms with van der Waals surface area (Å²) in [7, 11) is 0. The third-order valence-corrected chi connectivity index (χ3v) is 6.09. The second-order valence-corrected chi connectivity index (χ2v) is 8.06. The fourth-order valence-electron chi connectivity index (χ4n) is 3.97. The van der Waals surface area contributed by atoms with E-state index in [0.717, 1.165) is 38.9 Å². The van der Waals surface area contributed by atoms with Crippen molar-refractivity contribution in [1.29, 1.82) is 5.26 Å². The quantitative estimate of drug-likeness (QED) is 0.379. The van der Waals surface area contributed by atoms with E-state index in [9.17, 15) is 4.79 Å². The normalized spacial score (nSPS) is 12.9. The molecule has 3 N–H and O–H groups in total. The Labute approximate surface area is 176 Å². The van der Waals surface area contributed by atoms with Crippen molar-refractivity contribution < 1.29 is 4.79 Å². The maximum absolute atomic E-state index is 12.9. The molecule has 2 aromatic carbocycles. The van der Waals surface area contributed by atoms with Crippen LogP contribution in [0.4, 0.5) is 5.69 Å². The van der Waals surface area contributed by atoms with Gasteiger partial charge in [-0.25, -0.2) is 0 Å². The second kappa shape index (κ2) is 6.87. The average Bonchev–Trinajstić information content (AvgIpc) is 3.47. The van der Waals surface area contributed by atoms with Crippen LogP contribution in [0.3, 0.4) is 0 Å². The molecule has 6 nitrogen and oxygen atoms in total. The van der Waals surface area contributed by atoms with Gasteiger partial charge in [0.2, 0.25) is 0 Å². The van der Waals surface area contributed by atoms with E-state index < -0.39 is 0 Å². The van der Waals surface area contributed by atoms with E-state index in [1.165, 1.54) is 0 Å². The molecule has 0 fully saturated rings. The number of nitrogen functional groups attached to an aromatic ring is 1. The molecule has 0 unspecified atom stereocenters. The van der Waals surface area contributed by atoms with Crippen LogP contribution in [0.25, 0.3) is 33.3 Å². The summed E-state index contributed by atoms with van der Waals surface area (Å²) in [4.78, 5) is 14.5. The van der Waals surface area contributed by atoms with Gasteiger partial charge in [-0.3, -0.25) is 9.89 Å². The number of aromatic nitrogens is 2. The third kappa shape index (κ3) is 2.78.